The lowest BCUT2D eigenvalue weighted by molar-refractivity contribution is -0.128. The molecule has 1 aliphatic rings. The molecule has 6 nitrogen and oxygen atoms in total. The molecule has 42 heavy (non-hydrogen) atoms. The Labute approximate surface area is 259 Å². The van der Waals surface area contributed by atoms with Gasteiger partial charge in [0.05, 0.1) is 6.61 Å². The van der Waals surface area contributed by atoms with E-state index in [1.807, 2.05) is 103 Å². The third-order valence-electron chi connectivity index (χ3n) is 7.16. The highest BCUT2D eigenvalue weighted by molar-refractivity contribution is 9.10. The number of hydrogen-bond donors (Lipinski definition) is 2. The highest BCUT2D eigenvalue weighted by atomic mass is 79.9. The Hall–Kier alpha value is -3.65. The van der Waals surface area contributed by atoms with Crippen molar-refractivity contribution in [3.63, 3.8) is 0 Å². The smallest absolute Gasteiger partial charge is 0.252 e. The van der Waals surface area contributed by atoms with Gasteiger partial charge in [0.25, 0.3) is 5.91 Å². The zero-order valence-corrected chi connectivity index (χ0v) is 25.4. The minimum absolute atomic E-state index is 0.0744. The normalized spacial score (nSPS) is 17.8. The van der Waals surface area contributed by atoms with Gasteiger partial charge in [-0.1, -0.05) is 88.2 Å². The van der Waals surface area contributed by atoms with Crippen LogP contribution in [0.3, 0.4) is 0 Å². The molecule has 2 atom stereocenters. The number of amides is 1. The van der Waals surface area contributed by atoms with Crippen LogP contribution in [-0.4, -0.2) is 42.2 Å². The van der Waals surface area contributed by atoms with E-state index >= 15 is 0 Å². The van der Waals surface area contributed by atoms with Gasteiger partial charge in [0.2, 0.25) is 5.90 Å². The molecule has 0 unspecified atom stereocenters. The molecule has 0 saturated carbocycles. The number of aliphatic hydroxyl groups excluding tert-OH is 1. The first-order valence-electron chi connectivity index (χ1n) is 13.9. The fourth-order valence-corrected chi connectivity index (χ4v) is 5.52. The summed E-state index contributed by atoms with van der Waals surface area (Å²) in [5, 5.41) is 12.9. The number of nitrogens with one attached hydrogen (secondary N) is 1. The number of nitrogens with zero attached hydrogens (tertiary/aromatic N) is 1. The van der Waals surface area contributed by atoms with E-state index < -0.39 is 11.6 Å². The zero-order chi connectivity index (χ0) is 29.4. The Morgan fingerprint density at radius 2 is 1.69 bits per heavy atom. The van der Waals surface area contributed by atoms with Gasteiger partial charge in [0, 0.05) is 41.1 Å². The molecule has 0 radical (unpaired) electrons. The topological polar surface area (TPSA) is 80.2 Å². The number of hydrogen-bond acceptors (Lipinski definition) is 5. The van der Waals surface area contributed by atoms with Gasteiger partial charge >= 0.3 is 0 Å². The first-order chi connectivity index (χ1) is 20.5. The molecule has 216 valence electrons. The highest BCUT2D eigenvalue weighted by Gasteiger charge is 2.53. The molecule has 0 aromatic heterocycles. The summed E-state index contributed by atoms with van der Waals surface area (Å²) in [6.45, 7) is 0.935. The second-order valence-corrected chi connectivity index (χ2v) is 11.4. The predicted octanol–water partition coefficient (Wildman–Crippen LogP) is 6.72. The molecular formula is C34H32BrClN2O4. The quantitative estimate of drug-likeness (QED) is 0.167. The van der Waals surface area contributed by atoms with E-state index in [2.05, 4.69) is 21.2 Å². The van der Waals surface area contributed by atoms with Crippen LogP contribution in [0.5, 0.6) is 5.75 Å². The van der Waals surface area contributed by atoms with Crippen molar-refractivity contribution in [3.8, 4) is 5.75 Å². The molecule has 5 rings (SSSR count). The minimum atomic E-state index is -1.27. The number of rotatable bonds is 12. The number of aliphatic imine (C=N–C) groups is 1. The zero-order valence-electron chi connectivity index (χ0n) is 23.0. The molecule has 1 aliphatic heterocycles. The van der Waals surface area contributed by atoms with Crippen LogP contribution < -0.4 is 10.1 Å². The Balaban J connectivity index is 1.50. The summed E-state index contributed by atoms with van der Waals surface area (Å²) in [5.41, 5.74) is 2.37. The lowest BCUT2D eigenvalue weighted by Crippen LogP contribution is -2.50. The van der Waals surface area contributed by atoms with Gasteiger partial charge in [-0.2, -0.15) is 0 Å². The Morgan fingerprint density at radius 1 is 0.976 bits per heavy atom. The third kappa shape index (κ3) is 7.04. The van der Waals surface area contributed by atoms with Crippen LogP contribution in [0, 0.1) is 0 Å². The molecule has 0 saturated heterocycles. The Morgan fingerprint density at radius 3 is 2.40 bits per heavy atom. The molecule has 0 fully saturated rings. The average Bonchev–Trinajstić information content (AvgIpc) is 3.41. The van der Waals surface area contributed by atoms with Crippen molar-refractivity contribution < 1.29 is 19.4 Å². The predicted molar refractivity (Wildman–Crippen MR) is 169 cm³/mol. The van der Waals surface area contributed by atoms with E-state index in [-0.39, 0.29) is 12.5 Å². The molecule has 1 heterocycles. The van der Waals surface area contributed by atoms with Crippen LogP contribution in [0.25, 0.3) is 0 Å². The summed E-state index contributed by atoms with van der Waals surface area (Å²) in [6, 6.07) is 32.7. The maximum absolute atomic E-state index is 14.3. The summed E-state index contributed by atoms with van der Waals surface area (Å²) in [5.74, 6) is 0.871. The van der Waals surface area contributed by atoms with Crippen molar-refractivity contribution in [2.45, 2.75) is 30.9 Å². The second kappa shape index (κ2) is 14.0. The minimum Gasteiger partial charge on any atom is -0.494 e. The van der Waals surface area contributed by atoms with Crippen molar-refractivity contribution >= 4 is 39.3 Å². The van der Waals surface area contributed by atoms with Crippen LogP contribution >= 0.6 is 27.5 Å². The maximum Gasteiger partial charge on any atom is 0.252 e. The maximum atomic E-state index is 14.3. The highest BCUT2D eigenvalue weighted by Crippen LogP contribution is 2.43. The van der Waals surface area contributed by atoms with Gasteiger partial charge < -0.3 is 19.9 Å². The molecule has 0 spiro atoms. The van der Waals surface area contributed by atoms with E-state index in [0.29, 0.717) is 49.1 Å². The summed E-state index contributed by atoms with van der Waals surface area (Å²) < 4.78 is 13.2. The van der Waals surface area contributed by atoms with Crippen molar-refractivity contribution in [2.75, 3.05) is 19.8 Å². The Kier molecular flexibility index (Phi) is 9.95. The van der Waals surface area contributed by atoms with Crippen molar-refractivity contribution in [1.82, 2.24) is 5.32 Å². The van der Waals surface area contributed by atoms with E-state index in [4.69, 9.17) is 31.2 Å². The van der Waals surface area contributed by atoms with Gasteiger partial charge in [-0.15, -0.1) is 0 Å². The number of ether oxygens (including phenoxy) is 2. The standard InChI is InChI=1S/C34H32BrClN2O4/c35-30-10-5-4-9-27(30)23-34(33(40)37-20-19-24-11-15-28(36)16-12-24)31(25-7-2-1-3-8-25)42-32(38-34)26-13-17-29(18-14-26)41-22-6-21-39/h1-5,7-18,31,39H,6,19-23H2,(H,37,40)/t31-,34-/m1/s1. The monoisotopic (exact) mass is 646 g/mol. The first-order valence-corrected chi connectivity index (χ1v) is 15.1. The van der Waals surface area contributed by atoms with Gasteiger partial charge in [0.1, 0.15) is 5.75 Å². The first kappa shape index (κ1) is 29.8. The molecule has 0 aliphatic carbocycles. The van der Waals surface area contributed by atoms with Crippen molar-refractivity contribution in [2.24, 2.45) is 4.99 Å². The Bertz CT molecular complexity index is 1510. The van der Waals surface area contributed by atoms with Crippen LogP contribution in [0.4, 0.5) is 0 Å². The van der Waals surface area contributed by atoms with Crippen LogP contribution in [0.2, 0.25) is 5.02 Å². The van der Waals surface area contributed by atoms with Crippen LogP contribution in [0.1, 0.15) is 34.8 Å². The van der Waals surface area contributed by atoms with E-state index in [1.165, 1.54) is 0 Å². The van der Waals surface area contributed by atoms with Crippen molar-refractivity contribution in [3.05, 3.63) is 135 Å². The molecule has 8 heteroatoms. The second-order valence-electron chi connectivity index (χ2n) is 10.1. The van der Waals surface area contributed by atoms with Crippen LogP contribution in [-0.2, 0) is 22.4 Å². The number of halogens is 2. The van der Waals surface area contributed by atoms with E-state index in [0.717, 1.165) is 26.7 Å². The number of carbonyl (C=O) groups is 1. The van der Waals surface area contributed by atoms with Gasteiger partial charge in [-0.25, -0.2) is 4.99 Å². The van der Waals surface area contributed by atoms with Gasteiger partial charge in [-0.05, 0) is 65.6 Å². The molecule has 4 aromatic carbocycles. The fraction of sp³-hybridized carbons (Fsp3) is 0.235. The lowest BCUT2D eigenvalue weighted by atomic mass is 9.82. The van der Waals surface area contributed by atoms with E-state index in [1.54, 1.807) is 0 Å². The molecule has 4 aromatic rings. The molecular weight excluding hydrogens is 616 g/mol. The summed E-state index contributed by atoms with van der Waals surface area (Å²) >= 11 is 9.72. The lowest BCUT2D eigenvalue weighted by Gasteiger charge is -2.31. The summed E-state index contributed by atoms with van der Waals surface area (Å²) in [4.78, 5) is 19.4. The van der Waals surface area contributed by atoms with Gasteiger partial charge in [0.15, 0.2) is 11.6 Å². The number of carbonyl (C=O) groups excluding carboxylic acids is 1. The fourth-order valence-electron chi connectivity index (χ4n) is 4.97. The largest absolute Gasteiger partial charge is 0.494 e. The van der Waals surface area contributed by atoms with Gasteiger partial charge in [-0.3, -0.25) is 4.79 Å². The van der Waals surface area contributed by atoms with Crippen molar-refractivity contribution in [1.29, 1.82) is 0 Å². The molecule has 2 N–H and O–H groups in total. The summed E-state index contributed by atoms with van der Waals surface area (Å²) in [7, 11) is 0. The third-order valence-corrected chi connectivity index (χ3v) is 8.19. The summed E-state index contributed by atoms with van der Waals surface area (Å²) in [6.07, 6.45) is 0.879. The van der Waals surface area contributed by atoms with Crippen LogP contribution in [0.15, 0.2) is 113 Å². The van der Waals surface area contributed by atoms with E-state index in [9.17, 15) is 4.79 Å². The SMILES string of the molecule is O=C(NCCc1ccc(Cl)cc1)[C@]1(Cc2ccccc2Br)N=C(c2ccc(OCCCO)cc2)O[C@@H]1c1ccccc1. The number of aliphatic hydroxyl groups is 1. The molecule has 1 amide bonds. The molecule has 0 bridgehead atoms. The number of benzene rings is 4. The average molecular weight is 648 g/mol.